The summed E-state index contributed by atoms with van der Waals surface area (Å²) in [6.07, 6.45) is 0. The van der Waals surface area contributed by atoms with Crippen LogP contribution in [-0.2, 0) is 0 Å². The van der Waals surface area contributed by atoms with Gasteiger partial charge >= 0.3 is 0 Å². The SMILES string of the molecule is c1ccc(Oc2cccc(Oc3cccc(-c4ccc(Oc5ccc(-c6cccc(Oc7cccc(Oc8ccccc8)c7)c6)cc5Oc5ccccc5Oc5ccccc5)c(Oc5ccccc5Oc5ccccc5)c4)c3)c2)cc1. The van der Waals surface area contributed by atoms with Crippen molar-refractivity contribution in [3.8, 4) is 126 Å². The van der Waals surface area contributed by atoms with Crippen LogP contribution < -0.4 is 42.6 Å². The first-order chi connectivity index (χ1) is 40.0. The predicted octanol–water partition coefficient (Wildman–Crippen LogP) is 21.2. The molecule has 0 radical (unpaired) electrons. The Bertz CT molecular complexity index is 3780. The third-order valence-electron chi connectivity index (χ3n) is 12.6. The molecule has 0 aliphatic heterocycles. The lowest BCUT2D eigenvalue weighted by molar-refractivity contribution is 0.375. The largest absolute Gasteiger partial charge is 0.457 e. The van der Waals surface area contributed by atoms with Crippen LogP contribution in [-0.4, -0.2) is 0 Å². The molecule has 0 spiro atoms. The second kappa shape index (κ2) is 24.4. The minimum Gasteiger partial charge on any atom is -0.457 e. The Labute approximate surface area is 469 Å². The molecule has 0 N–H and O–H groups in total. The average molecular weight is 1060 g/mol. The monoisotopic (exact) mass is 1060 g/mol. The Morgan fingerprint density at radius 1 is 0.123 bits per heavy atom. The van der Waals surface area contributed by atoms with Gasteiger partial charge in [0.25, 0.3) is 0 Å². The average Bonchev–Trinajstić information content (AvgIpc) is 3.54. The molecule has 12 aromatic carbocycles. The maximum Gasteiger partial charge on any atom is 0.170 e. The quantitative estimate of drug-likeness (QED) is 0.0741. The van der Waals surface area contributed by atoms with Gasteiger partial charge in [0, 0.05) is 12.1 Å². The summed E-state index contributed by atoms with van der Waals surface area (Å²) in [5.41, 5.74) is 3.41. The molecular formula is C72H50O9. The van der Waals surface area contributed by atoms with E-state index in [9.17, 15) is 0 Å². The molecule has 0 atom stereocenters. The molecule has 0 saturated carbocycles. The number of hydrogen-bond acceptors (Lipinski definition) is 9. The molecule has 0 saturated heterocycles. The Hall–Kier alpha value is -11.2. The highest BCUT2D eigenvalue weighted by Gasteiger charge is 2.19. The lowest BCUT2D eigenvalue weighted by Crippen LogP contribution is -1.96. The van der Waals surface area contributed by atoms with Gasteiger partial charge in [0.15, 0.2) is 46.0 Å². The molecule has 0 unspecified atom stereocenters. The van der Waals surface area contributed by atoms with Crippen LogP contribution in [0.25, 0.3) is 22.3 Å². The molecule has 0 fully saturated rings. The Morgan fingerprint density at radius 3 is 0.716 bits per heavy atom. The van der Waals surface area contributed by atoms with E-state index in [2.05, 4.69) is 0 Å². The molecular weight excluding hydrogens is 1010 g/mol. The van der Waals surface area contributed by atoms with E-state index in [-0.39, 0.29) is 0 Å². The zero-order chi connectivity index (χ0) is 54.4. The van der Waals surface area contributed by atoms with Crippen LogP contribution in [0.3, 0.4) is 0 Å². The first kappa shape index (κ1) is 50.6. The topological polar surface area (TPSA) is 83.1 Å². The molecule has 392 valence electrons. The normalized spacial score (nSPS) is 10.7. The van der Waals surface area contributed by atoms with E-state index in [0.29, 0.717) is 92.0 Å². The van der Waals surface area contributed by atoms with Gasteiger partial charge in [-0.1, -0.05) is 146 Å². The first-order valence-electron chi connectivity index (χ1n) is 26.2. The lowest BCUT2D eigenvalue weighted by atomic mass is 10.0. The molecule has 0 bridgehead atoms. The van der Waals surface area contributed by atoms with Crippen molar-refractivity contribution in [3.05, 3.63) is 303 Å². The maximum atomic E-state index is 6.99. The summed E-state index contributed by atoms with van der Waals surface area (Å²) in [6.45, 7) is 0. The summed E-state index contributed by atoms with van der Waals surface area (Å²) in [6, 6.07) is 96.0. The number of hydrogen-bond donors (Lipinski definition) is 0. The minimum atomic E-state index is 0.399. The third kappa shape index (κ3) is 13.2. The Morgan fingerprint density at radius 2 is 0.358 bits per heavy atom. The standard InChI is InChI=1S/C72H50O9/c1-5-23-55(24-6-1)73-61-33-19-35-63(49-61)75-59-31-17-21-51(45-59)53-41-43-69(71(47-53)80-67-39-15-13-37-65(67)77-57-27-9-3-10-28-57)79-70-44-42-54(48-72(70)81-68-40-16-14-38-66(68)78-58-29-11-4-12-30-58)52-22-18-32-60(46-52)76-64-36-20-34-62(50-64)74-56-25-7-2-8-26-56/h1-50H. The fourth-order valence-electron chi connectivity index (χ4n) is 8.73. The van der Waals surface area contributed by atoms with Gasteiger partial charge in [-0.25, -0.2) is 0 Å². The van der Waals surface area contributed by atoms with Crippen molar-refractivity contribution >= 4 is 0 Å². The highest BCUT2D eigenvalue weighted by atomic mass is 16.6. The number of para-hydroxylation sites is 8. The van der Waals surface area contributed by atoms with E-state index in [1.54, 1.807) is 0 Å². The van der Waals surface area contributed by atoms with Gasteiger partial charge in [0.1, 0.15) is 57.5 Å². The van der Waals surface area contributed by atoms with Crippen LogP contribution in [0, 0.1) is 0 Å². The van der Waals surface area contributed by atoms with Crippen LogP contribution >= 0.6 is 0 Å². The number of benzene rings is 12. The molecule has 0 aliphatic carbocycles. The van der Waals surface area contributed by atoms with Crippen LogP contribution in [0.5, 0.6) is 103 Å². The van der Waals surface area contributed by atoms with Gasteiger partial charge < -0.3 is 42.6 Å². The Balaban J connectivity index is 0.892. The Kier molecular flexibility index (Phi) is 15.3. The maximum absolute atomic E-state index is 6.99. The van der Waals surface area contributed by atoms with Crippen molar-refractivity contribution in [1.29, 1.82) is 0 Å². The van der Waals surface area contributed by atoms with Crippen LogP contribution in [0.2, 0.25) is 0 Å². The summed E-state index contributed by atoms with van der Waals surface area (Å²) >= 11 is 0. The highest BCUT2D eigenvalue weighted by molar-refractivity contribution is 5.72. The van der Waals surface area contributed by atoms with E-state index in [0.717, 1.165) is 33.8 Å². The van der Waals surface area contributed by atoms with Gasteiger partial charge in [-0.3, -0.25) is 0 Å². The van der Waals surface area contributed by atoms with E-state index in [1.807, 2.05) is 303 Å². The molecule has 9 nitrogen and oxygen atoms in total. The summed E-state index contributed by atoms with van der Waals surface area (Å²) < 4.78 is 58.6. The molecule has 0 amide bonds. The molecule has 12 rings (SSSR count). The smallest absolute Gasteiger partial charge is 0.170 e. The van der Waals surface area contributed by atoms with Crippen LogP contribution in [0.15, 0.2) is 303 Å². The molecule has 0 heterocycles. The minimum absolute atomic E-state index is 0.399. The highest BCUT2D eigenvalue weighted by Crippen LogP contribution is 2.47. The fraction of sp³-hybridized carbons (Fsp3) is 0. The van der Waals surface area contributed by atoms with Gasteiger partial charge in [0.2, 0.25) is 0 Å². The van der Waals surface area contributed by atoms with Crippen LogP contribution in [0.4, 0.5) is 0 Å². The predicted molar refractivity (Wildman–Crippen MR) is 316 cm³/mol. The second-order valence-corrected chi connectivity index (χ2v) is 18.4. The second-order valence-electron chi connectivity index (χ2n) is 18.4. The summed E-state index contributed by atoms with van der Waals surface area (Å²) in [4.78, 5) is 0. The fourth-order valence-corrected chi connectivity index (χ4v) is 8.73. The van der Waals surface area contributed by atoms with E-state index >= 15 is 0 Å². The molecule has 12 aromatic rings. The molecule has 9 heteroatoms. The summed E-state index contributed by atoms with van der Waals surface area (Å²) in [5.74, 6) is 10.2. The zero-order valence-corrected chi connectivity index (χ0v) is 43.5. The van der Waals surface area contributed by atoms with Crippen molar-refractivity contribution in [1.82, 2.24) is 0 Å². The van der Waals surface area contributed by atoms with Crippen molar-refractivity contribution in [2.45, 2.75) is 0 Å². The van der Waals surface area contributed by atoms with Crippen molar-refractivity contribution in [2.75, 3.05) is 0 Å². The van der Waals surface area contributed by atoms with Gasteiger partial charge in [-0.05, 0) is 168 Å². The van der Waals surface area contributed by atoms with Gasteiger partial charge in [-0.15, -0.1) is 0 Å². The first-order valence-corrected chi connectivity index (χ1v) is 26.2. The molecule has 81 heavy (non-hydrogen) atoms. The van der Waals surface area contributed by atoms with Crippen molar-refractivity contribution < 1.29 is 42.6 Å². The molecule has 0 aromatic heterocycles. The van der Waals surface area contributed by atoms with Crippen molar-refractivity contribution in [2.24, 2.45) is 0 Å². The van der Waals surface area contributed by atoms with Crippen LogP contribution in [0.1, 0.15) is 0 Å². The zero-order valence-electron chi connectivity index (χ0n) is 43.5. The van der Waals surface area contributed by atoms with Crippen molar-refractivity contribution in [3.63, 3.8) is 0 Å². The summed E-state index contributed by atoms with van der Waals surface area (Å²) in [7, 11) is 0. The number of rotatable bonds is 20. The number of ether oxygens (including phenoxy) is 9. The third-order valence-corrected chi connectivity index (χ3v) is 12.6. The van der Waals surface area contributed by atoms with Gasteiger partial charge in [-0.2, -0.15) is 0 Å². The van der Waals surface area contributed by atoms with E-state index in [1.165, 1.54) is 0 Å². The van der Waals surface area contributed by atoms with Gasteiger partial charge in [0.05, 0.1) is 0 Å². The molecule has 0 aliphatic rings. The summed E-state index contributed by atoms with van der Waals surface area (Å²) in [5, 5.41) is 0. The lowest BCUT2D eigenvalue weighted by Gasteiger charge is -2.19. The van der Waals surface area contributed by atoms with E-state index < -0.39 is 0 Å². The van der Waals surface area contributed by atoms with E-state index in [4.69, 9.17) is 42.6 Å².